The Kier molecular flexibility index (Phi) is 4.99. The van der Waals surface area contributed by atoms with Gasteiger partial charge in [0.15, 0.2) is 0 Å². The minimum Gasteiger partial charge on any atom is -0.444 e. The van der Waals surface area contributed by atoms with Crippen molar-refractivity contribution in [1.82, 2.24) is 10.2 Å². The lowest BCUT2D eigenvalue weighted by molar-refractivity contribution is -0.119. The number of likely N-dealkylation sites (tertiary alicyclic amines) is 1. The quantitative estimate of drug-likeness (QED) is 0.819. The molecule has 1 atom stereocenters. The Morgan fingerprint density at radius 1 is 1.39 bits per heavy atom. The summed E-state index contributed by atoms with van der Waals surface area (Å²) in [6.45, 7) is 9.14. The first kappa shape index (κ1) is 14.8. The molecule has 0 aromatic heterocycles. The zero-order chi connectivity index (χ0) is 13.8. The highest BCUT2D eigenvalue weighted by Crippen LogP contribution is 2.18. The van der Waals surface area contributed by atoms with Crippen LogP contribution < -0.4 is 5.32 Å². The van der Waals surface area contributed by atoms with Crippen LogP contribution in [0.5, 0.6) is 0 Å². The summed E-state index contributed by atoms with van der Waals surface area (Å²) in [5, 5.41) is 2.81. The largest absolute Gasteiger partial charge is 0.444 e. The molecule has 1 fully saturated rings. The van der Waals surface area contributed by atoms with E-state index in [2.05, 4.69) is 5.32 Å². The lowest BCUT2D eigenvalue weighted by Gasteiger charge is -2.34. The van der Waals surface area contributed by atoms with Crippen LogP contribution in [0.4, 0.5) is 4.79 Å². The minimum absolute atomic E-state index is 0.0237. The van der Waals surface area contributed by atoms with E-state index in [0.29, 0.717) is 19.0 Å². The first-order chi connectivity index (χ1) is 8.28. The van der Waals surface area contributed by atoms with Gasteiger partial charge in [0, 0.05) is 26.6 Å². The summed E-state index contributed by atoms with van der Waals surface area (Å²) in [5.74, 6) is 0.305. The molecule has 0 spiro atoms. The maximum absolute atomic E-state index is 11.9. The average Bonchev–Trinajstić information content (AvgIpc) is 2.24. The maximum atomic E-state index is 11.9. The molecular weight excluding hydrogens is 232 g/mol. The van der Waals surface area contributed by atoms with Crippen LogP contribution in [0.2, 0.25) is 0 Å². The van der Waals surface area contributed by atoms with Gasteiger partial charge in [-0.2, -0.15) is 0 Å². The molecular formula is C13H24N2O3. The summed E-state index contributed by atoms with van der Waals surface area (Å²) in [6.07, 6.45) is 1.75. The number of ether oxygens (including phenoxy) is 1. The van der Waals surface area contributed by atoms with Crippen molar-refractivity contribution in [2.45, 2.75) is 46.1 Å². The molecule has 1 rings (SSSR count). The second kappa shape index (κ2) is 6.07. The number of carbonyl (C=O) groups excluding carboxylic acids is 2. The summed E-state index contributed by atoms with van der Waals surface area (Å²) in [4.78, 5) is 24.5. The van der Waals surface area contributed by atoms with Crippen molar-refractivity contribution >= 4 is 12.0 Å². The normalized spacial score (nSPS) is 20.4. The summed E-state index contributed by atoms with van der Waals surface area (Å²) in [5.41, 5.74) is -0.457. The molecule has 5 heteroatoms. The Morgan fingerprint density at radius 2 is 2.06 bits per heavy atom. The molecule has 1 aliphatic rings. The van der Waals surface area contributed by atoms with Crippen molar-refractivity contribution in [2.24, 2.45) is 5.92 Å². The van der Waals surface area contributed by atoms with Crippen molar-refractivity contribution in [3.05, 3.63) is 0 Å². The molecule has 1 aliphatic heterocycles. The fourth-order valence-electron chi connectivity index (χ4n) is 2.01. The SMILES string of the molecule is CC(=O)NC[C@H]1CCCN(C(=O)OC(C)(C)C)C1. The van der Waals surface area contributed by atoms with Gasteiger partial charge in [-0.15, -0.1) is 0 Å². The standard InChI is InChI=1S/C13H24N2O3/c1-10(16)14-8-11-6-5-7-15(9-11)12(17)18-13(2,3)4/h11H,5-9H2,1-4H3,(H,14,16)/t11-/m1/s1. The van der Waals surface area contributed by atoms with Gasteiger partial charge in [-0.1, -0.05) is 0 Å². The first-order valence-corrected chi connectivity index (χ1v) is 6.50. The van der Waals surface area contributed by atoms with Gasteiger partial charge in [0.25, 0.3) is 0 Å². The number of carbonyl (C=O) groups is 2. The molecule has 0 aromatic carbocycles. The third-order valence-corrected chi connectivity index (χ3v) is 2.81. The zero-order valence-corrected chi connectivity index (χ0v) is 11.8. The van der Waals surface area contributed by atoms with E-state index in [-0.39, 0.29) is 12.0 Å². The monoisotopic (exact) mass is 256 g/mol. The number of nitrogens with zero attached hydrogens (tertiary/aromatic N) is 1. The van der Waals surface area contributed by atoms with Gasteiger partial charge in [-0.05, 0) is 39.5 Å². The van der Waals surface area contributed by atoms with Gasteiger partial charge in [0.1, 0.15) is 5.60 Å². The number of rotatable bonds is 2. The van der Waals surface area contributed by atoms with Crippen LogP contribution in [0, 0.1) is 5.92 Å². The average molecular weight is 256 g/mol. The van der Waals surface area contributed by atoms with E-state index in [1.807, 2.05) is 20.8 Å². The fraction of sp³-hybridized carbons (Fsp3) is 0.846. The highest BCUT2D eigenvalue weighted by Gasteiger charge is 2.27. The van der Waals surface area contributed by atoms with Crippen molar-refractivity contribution in [3.8, 4) is 0 Å². The highest BCUT2D eigenvalue weighted by molar-refractivity contribution is 5.72. The van der Waals surface area contributed by atoms with Crippen molar-refractivity contribution in [2.75, 3.05) is 19.6 Å². The predicted molar refractivity (Wildman–Crippen MR) is 69.2 cm³/mol. The summed E-state index contributed by atoms with van der Waals surface area (Å²) in [7, 11) is 0. The Hall–Kier alpha value is -1.26. The lowest BCUT2D eigenvalue weighted by atomic mass is 9.98. The molecule has 18 heavy (non-hydrogen) atoms. The number of hydrogen-bond acceptors (Lipinski definition) is 3. The van der Waals surface area contributed by atoms with Gasteiger partial charge in [-0.25, -0.2) is 4.79 Å². The Balaban J connectivity index is 2.43. The molecule has 104 valence electrons. The predicted octanol–water partition coefficient (Wildman–Crippen LogP) is 1.77. The number of hydrogen-bond donors (Lipinski definition) is 1. The van der Waals surface area contributed by atoms with Crippen LogP contribution in [0.25, 0.3) is 0 Å². The molecule has 1 N–H and O–H groups in total. The summed E-state index contributed by atoms with van der Waals surface area (Å²) >= 11 is 0. The highest BCUT2D eigenvalue weighted by atomic mass is 16.6. The van der Waals surface area contributed by atoms with E-state index in [1.165, 1.54) is 6.92 Å². The molecule has 1 heterocycles. The maximum Gasteiger partial charge on any atom is 0.410 e. The topological polar surface area (TPSA) is 58.6 Å². The van der Waals surface area contributed by atoms with Crippen LogP contribution in [-0.2, 0) is 9.53 Å². The Bertz CT molecular complexity index is 310. The van der Waals surface area contributed by atoms with Crippen molar-refractivity contribution in [3.63, 3.8) is 0 Å². The smallest absolute Gasteiger partial charge is 0.410 e. The second-order valence-electron chi connectivity index (χ2n) is 5.87. The van der Waals surface area contributed by atoms with Crippen LogP contribution in [0.3, 0.4) is 0 Å². The molecule has 0 aliphatic carbocycles. The Labute approximate surface area is 109 Å². The van der Waals surface area contributed by atoms with Crippen LogP contribution >= 0.6 is 0 Å². The van der Waals surface area contributed by atoms with Gasteiger partial charge < -0.3 is 15.0 Å². The van der Waals surface area contributed by atoms with E-state index in [0.717, 1.165) is 19.4 Å². The van der Waals surface area contributed by atoms with Crippen molar-refractivity contribution < 1.29 is 14.3 Å². The van der Waals surface area contributed by atoms with Crippen molar-refractivity contribution in [1.29, 1.82) is 0 Å². The van der Waals surface area contributed by atoms with Gasteiger partial charge in [-0.3, -0.25) is 4.79 Å². The molecule has 0 aromatic rings. The van der Waals surface area contributed by atoms with E-state index >= 15 is 0 Å². The first-order valence-electron chi connectivity index (χ1n) is 6.50. The number of piperidine rings is 1. The fourth-order valence-corrected chi connectivity index (χ4v) is 2.01. The summed E-state index contributed by atoms with van der Waals surface area (Å²) < 4.78 is 5.35. The molecule has 0 unspecified atom stereocenters. The van der Waals surface area contributed by atoms with E-state index in [1.54, 1.807) is 4.90 Å². The van der Waals surface area contributed by atoms with Gasteiger partial charge in [0.2, 0.25) is 5.91 Å². The zero-order valence-electron chi connectivity index (χ0n) is 11.8. The van der Waals surface area contributed by atoms with E-state index in [4.69, 9.17) is 4.74 Å². The van der Waals surface area contributed by atoms with Crippen LogP contribution in [-0.4, -0.2) is 42.1 Å². The Morgan fingerprint density at radius 3 is 2.61 bits per heavy atom. The third-order valence-electron chi connectivity index (χ3n) is 2.81. The van der Waals surface area contributed by atoms with Gasteiger partial charge in [0.05, 0.1) is 0 Å². The third kappa shape index (κ3) is 5.38. The molecule has 5 nitrogen and oxygen atoms in total. The molecule has 0 radical (unpaired) electrons. The van der Waals surface area contributed by atoms with Gasteiger partial charge >= 0.3 is 6.09 Å². The van der Waals surface area contributed by atoms with E-state index < -0.39 is 5.60 Å². The van der Waals surface area contributed by atoms with E-state index in [9.17, 15) is 9.59 Å². The molecule has 1 saturated heterocycles. The molecule has 0 saturated carbocycles. The molecule has 0 bridgehead atoms. The lowest BCUT2D eigenvalue weighted by Crippen LogP contribution is -2.45. The second-order valence-corrected chi connectivity index (χ2v) is 5.87. The molecule has 2 amide bonds. The number of amides is 2. The van der Waals surface area contributed by atoms with Crippen LogP contribution in [0.15, 0.2) is 0 Å². The summed E-state index contributed by atoms with van der Waals surface area (Å²) in [6, 6.07) is 0. The van der Waals surface area contributed by atoms with Crippen LogP contribution in [0.1, 0.15) is 40.5 Å². The number of nitrogens with one attached hydrogen (secondary N) is 1. The minimum atomic E-state index is -0.457.